The summed E-state index contributed by atoms with van der Waals surface area (Å²) in [5.41, 5.74) is 1.25. The second-order valence-electron chi connectivity index (χ2n) is 9.40. The highest BCUT2D eigenvalue weighted by Gasteiger charge is 2.21. The van der Waals surface area contributed by atoms with Crippen LogP contribution in [-0.4, -0.2) is 53.0 Å². The van der Waals surface area contributed by atoms with Crippen molar-refractivity contribution >= 4 is 62.3 Å². The van der Waals surface area contributed by atoms with Gasteiger partial charge in [0.2, 0.25) is 5.95 Å². The van der Waals surface area contributed by atoms with Gasteiger partial charge in [0, 0.05) is 43.8 Å². The molecule has 9 nitrogen and oxygen atoms in total. The van der Waals surface area contributed by atoms with Crippen LogP contribution in [0.3, 0.4) is 0 Å². The standard InChI is InChI=1S/C25H30BrN7O2S/c1-25(2,16-29-22(34)20-9-6-12-36-20)15-28-21-19(26)14-27-23(32-21)30-17-7-5-8-18(13-17)31-24(35)33-10-3-4-11-33/h5-9,12-14H,3-4,10-11,15-16H2,1-2H3,(H,29,34)(H,31,35)(H2,27,28,30,32). The zero-order valence-electron chi connectivity index (χ0n) is 20.3. The first-order chi connectivity index (χ1) is 17.3. The molecule has 4 N–H and O–H groups in total. The summed E-state index contributed by atoms with van der Waals surface area (Å²) in [6.07, 6.45) is 3.78. The number of rotatable bonds is 9. The minimum Gasteiger partial charge on any atom is -0.368 e. The number of aromatic nitrogens is 2. The lowest BCUT2D eigenvalue weighted by Crippen LogP contribution is -2.38. The average Bonchev–Trinajstić information content (AvgIpc) is 3.58. The number of hydrogen-bond acceptors (Lipinski definition) is 7. The van der Waals surface area contributed by atoms with Crippen molar-refractivity contribution in [2.24, 2.45) is 5.41 Å². The monoisotopic (exact) mass is 571 g/mol. The molecule has 4 rings (SSSR count). The molecule has 1 fully saturated rings. The van der Waals surface area contributed by atoms with E-state index < -0.39 is 0 Å². The van der Waals surface area contributed by atoms with Crippen LogP contribution < -0.4 is 21.3 Å². The molecule has 2 aromatic heterocycles. The van der Waals surface area contributed by atoms with Crippen LogP contribution in [0.1, 0.15) is 36.4 Å². The second kappa shape index (κ2) is 11.7. The first-order valence-electron chi connectivity index (χ1n) is 11.8. The van der Waals surface area contributed by atoms with Crippen molar-refractivity contribution in [3.63, 3.8) is 0 Å². The van der Waals surface area contributed by atoms with Gasteiger partial charge in [0.25, 0.3) is 5.91 Å². The van der Waals surface area contributed by atoms with E-state index in [1.807, 2.05) is 46.7 Å². The van der Waals surface area contributed by atoms with Crippen molar-refractivity contribution in [1.29, 1.82) is 0 Å². The van der Waals surface area contributed by atoms with Gasteiger partial charge in [-0.3, -0.25) is 4.79 Å². The van der Waals surface area contributed by atoms with Crippen LogP contribution in [0.2, 0.25) is 0 Å². The number of carbonyl (C=O) groups is 2. The van der Waals surface area contributed by atoms with Crippen molar-refractivity contribution in [2.45, 2.75) is 26.7 Å². The molecule has 1 aliphatic heterocycles. The zero-order chi connectivity index (χ0) is 25.5. The highest BCUT2D eigenvalue weighted by Crippen LogP contribution is 2.25. The summed E-state index contributed by atoms with van der Waals surface area (Å²) in [6.45, 7) is 6.84. The molecule has 1 aromatic carbocycles. The van der Waals surface area contributed by atoms with Gasteiger partial charge in [-0.25, -0.2) is 9.78 Å². The van der Waals surface area contributed by atoms with Crippen molar-refractivity contribution < 1.29 is 9.59 Å². The van der Waals surface area contributed by atoms with Gasteiger partial charge in [-0.2, -0.15) is 4.98 Å². The summed E-state index contributed by atoms with van der Waals surface area (Å²) in [4.78, 5) is 36.1. The Morgan fingerprint density at radius 3 is 2.64 bits per heavy atom. The topological polar surface area (TPSA) is 111 Å². The molecule has 11 heteroatoms. The van der Waals surface area contributed by atoms with Crippen molar-refractivity contribution in [3.8, 4) is 0 Å². The maximum atomic E-state index is 12.4. The Kier molecular flexibility index (Phi) is 8.42. The number of anilines is 4. The number of amides is 3. The van der Waals surface area contributed by atoms with E-state index in [0.717, 1.165) is 36.1 Å². The Morgan fingerprint density at radius 1 is 1.11 bits per heavy atom. The fraction of sp³-hybridized carbons (Fsp3) is 0.360. The maximum absolute atomic E-state index is 12.4. The first-order valence-corrected chi connectivity index (χ1v) is 13.5. The Balaban J connectivity index is 1.34. The summed E-state index contributed by atoms with van der Waals surface area (Å²) >= 11 is 4.93. The molecule has 3 heterocycles. The van der Waals surface area contributed by atoms with Gasteiger partial charge in [0.1, 0.15) is 5.82 Å². The van der Waals surface area contributed by atoms with Crippen LogP contribution in [0, 0.1) is 5.41 Å². The van der Waals surface area contributed by atoms with E-state index in [1.54, 1.807) is 6.20 Å². The molecule has 1 saturated heterocycles. The smallest absolute Gasteiger partial charge is 0.321 e. The average molecular weight is 573 g/mol. The van der Waals surface area contributed by atoms with E-state index in [0.29, 0.717) is 35.4 Å². The van der Waals surface area contributed by atoms with Gasteiger partial charge >= 0.3 is 6.03 Å². The lowest BCUT2D eigenvalue weighted by atomic mass is 9.93. The lowest BCUT2D eigenvalue weighted by molar-refractivity contribution is 0.0942. The van der Waals surface area contributed by atoms with Gasteiger partial charge in [-0.05, 0) is 63.8 Å². The molecule has 0 unspecified atom stereocenters. The maximum Gasteiger partial charge on any atom is 0.321 e. The van der Waals surface area contributed by atoms with Crippen molar-refractivity contribution in [1.82, 2.24) is 20.2 Å². The third-order valence-electron chi connectivity index (χ3n) is 5.71. The number of likely N-dealkylation sites (tertiary alicyclic amines) is 1. The minimum absolute atomic E-state index is 0.0633. The fourth-order valence-corrected chi connectivity index (χ4v) is 4.65. The molecular formula is C25H30BrN7O2S. The van der Waals surface area contributed by atoms with Crippen molar-refractivity contribution in [3.05, 3.63) is 57.3 Å². The lowest BCUT2D eigenvalue weighted by Gasteiger charge is -2.26. The van der Waals surface area contributed by atoms with Crippen LogP contribution in [0.15, 0.2) is 52.4 Å². The van der Waals surface area contributed by atoms with Gasteiger partial charge in [-0.15, -0.1) is 11.3 Å². The minimum atomic E-state index is -0.215. The first kappa shape index (κ1) is 25.9. The van der Waals surface area contributed by atoms with E-state index >= 15 is 0 Å². The highest BCUT2D eigenvalue weighted by molar-refractivity contribution is 9.10. The van der Waals surface area contributed by atoms with Gasteiger partial charge in [0.15, 0.2) is 0 Å². The van der Waals surface area contributed by atoms with E-state index in [4.69, 9.17) is 0 Å². The Bertz CT molecular complexity index is 1200. The van der Waals surface area contributed by atoms with Crippen LogP contribution in [-0.2, 0) is 0 Å². The summed E-state index contributed by atoms with van der Waals surface area (Å²) < 4.78 is 0.734. The van der Waals surface area contributed by atoms with Gasteiger partial charge in [-0.1, -0.05) is 26.0 Å². The molecule has 0 saturated carbocycles. The predicted molar refractivity (Wildman–Crippen MR) is 148 cm³/mol. The SMILES string of the molecule is CC(C)(CNC(=O)c1cccs1)CNc1nc(Nc2cccc(NC(=O)N3CCCC3)c2)ncc1Br. The number of carbonyl (C=O) groups excluding carboxylic acids is 2. The van der Waals surface area contributed by atoms with E-state index in [2.05, 4.69) is 61.0 Å². The number of benzene rings is 1. The molecule has 190 valence electrons. The molecule has 0 bridgehead atoms. The molecule has 3 amide bonds. The largest absolute Gasteiger partial charge is 0.368 e. The van der Waals surface area contributed by atoms with Gasteiger partial charge < -0.3 is 26.2 Å². The number of thiophene rings is 1. The van der Waals surface area contributed by atoms with Gasteiger partial charge in [0.05, 0.1) is 9.35 Å². The molecule has 0 atom stereocenters. The zero-order valence-corrected chi connectivity index (χ0v) is 22.7. The number of hydrogen-bond donors (Lipinski definition) is 4. The Hall–Kier alpha value is -3.18. The van der Waals surface area contributed by atoms with E-state index in [1.165, 1.54) is 11.3 Å². The molecule has 3 aromatic rings. The third kappa shape index (κ3) is 7.17. The van der Waals surface area contributed by atoms with E-state index in [9.17, 15) is 9.59 Å². The van der Waals surface area contributed by atoms with Crippen molar-refractivity contribution in [2.75, 3.05) is 42.1 Å². The summed E-state index contributed by atoms with van der Waals surface area (Å²) in [6, 6.07) is 11.1. The number of nitrogens with one attached hydrogen (secondary N) is 4. The summed E-state index contributed by atoms with van der Waals surface area (Å²) in [5, 5.41) is 14.4. The number of nitrogens with zero attached hydrogens (tertiary/aromatic N) is 3. The highest BCUT2D eigenvalue weighted by atomic mass is 79.9. The number of urea groups is 1. The Morgan fingerprint density at radius 2 is 1.89 bits per heavy atom. The Labute approximate surface area is 223 Å². The normalized spacial score (nSPS) is 13.4. The summed E-state index contributed by atoms with van der Waals surface area (Å²) in [7, 11) is 0. The van der Waals surface area contributed by atoms with Crippen LogP contribution in [0.4, 0.5) is 27.9 Å². The van der Waals surface area contributed by atoms with Crippen LogP contribution in [0.25, 0.3) is 0 Å². The molecule has 0 aliphatic carbocycles. The number of halogens is 1. The predicted octanol–water partition coefficient (Wildman–Crippen LogP) is 5.54. The summed E-state index contributed by atoms with van der Waals surface area (Å²) in [5.74, 6) is 1.00. The quantitative estimate of drug-likeness (QED) is 0.268. The van der Waals surface area contributed by atoms with Crippen LogP contribution in [0.5, 0.6) is 0 Å². The van der Waals surface area contributed by atoms with E-state index in [-0.39, 0.29) is 17.4 Å². The second-order valence-corrected chi connectivity index (χ2v) is 11.2. The molecule has 1 aliphatic rings. The molecular weight excluding hydrogens is 542 g/mol. The third-order valence-corrected chi connectivity index (χ3v) is 7.16. The molecule has 0 radical (unpaired) electrons. The fourth-order valence-electron chi connectivity index (χ4n) is 3.68. The molecule has 0 spiro atoms. The van der Waals surface area contributed by atoms with Crippen LogP contribution >= 0.6 is 27.3 Å². The molecule has 36 heavy (non-hydrogen) atoms.